The Bertz CT molecular complexity index is 916. The second kappa shape index (κ2) is 8.66. The first-order valence-electron chi connectivity index (χ1n) is 9.06. The van der Waals surface area contributed by atoms with E-state index in [4.69, 9.17) is 0 Å². The quantitative estimate of drug-likeness (QED) is 0.606. The molecule has 0 atom stereocenters. The summed E-state index contributed by atoms with van der Waals surface area (Å²) >= 11 is 1.48. The van der Waals surface area contributed by atoms with Crippen molar-refractivity contribution in [1.29, 1.82) is 5.26 Å². The van der Waals surface area contributed by atoms with Crippen LogP contribution >= 0.6 is 11.3 Å². The third kappa shape index (κ3) is 4.27. The van der Waals surface area contributed by atoms with Crippen molar-refractivity contribution in [3.8, 4) is 6.07 Å². The molecule has 27 heavy (non-hydrogen) atoms. The van der Waals surface area contributed by atoms with Crippen molar-refractivity contribution >= 4 is 22.2 Å². The number of amides is 1. The topological polar surface area (TPSA) is 52.9 Å². The Balaban J connectivity index is 1.85. The van der Waals surface area contributed by atoms with E-state index in [9.17, 15) is 10.1 Å². The van der Waals surface area contributed by atoms with Gasteiger partial charge in [-0.1, -0.05) is 67.6 Å². The smallest absolute Gasteiger partial charge is 0.225 e. The van der Waals surface area contributed by atoms with E-state index in [-0.39, 0.29) is 11.8 Å². The molecule has 3 aromatic rings. The molecule has 0 bridgehead atoms. The van der Waals surface area contributed by atoms with Crippen LogP contribution in [0.3, 0.4) is 0 Å². The Morgan fingerprint density at radius 3 is 2.11 bits per heavy atom. The van der Waals surface area contributed by atoms with Gasteiger partial charge < -0.3 is 5.32 Å². The zero-order valence-electron chi connectivity index (χ0n) is 15.5. The van der Waals surface area contributed by atoms with Crippen molar-refractivity contribution in [3.05, 3.63) is 87.8 Å². The largest absolute Gasteiger partial charge is 0.317 e. The summed E-state index contributed by atoms with van der Waals surface area (Å²) in [5, 5.41) is 13.1. The number of nitriles is 1. The summed E-state index contributed by atoms with van der Waals surface area (Å²) in [5.41, 5.74) is 3.84. The average Bonchev–Trinajstić information content (AvgIpc) is 3.01. The molecule has 2 aromatic carbocycles. The van der Waals surface area contributed by atoms with E-state index < -0.39 is 0 Å². The monoisotopic (exact) mass is 374 g/mol. The fourth-order valence-corrected chi connectivity index (χ4v) is 4.48. The molecule has 0 aliphatic carbocycles. The maximum atomic E-state index is 12.8. The Kier molecular flexibility index (Phi) is 6.05. The van der Waals surface area contributed by atoms with Gasteiger partial charge in [-0.05, 0) is 30.0 Å². The van der Waals surface area contributed by atoms with Gasteiger partial charge in [-0.2, -0.15) is 5.26 Å². The van der Waals surface area contributed by atoms with Crippen LogP contribution in [-0.4, -0.2) is 5.91 Å². The first-order chi connectivity index (χ1) is 13.1. The van der Waals surface area contributed by atoms with Gasteiger partial charge in [0.1, 0.15) is 11.1 Å². The minimum Gasteiger partial charge on any atom is -0.317 e. The first-order valence-corrected chi connectivity index (χ1v) is 9.87. The molecule has 1 heterocycles. The minimum atomic E-state index is -0.0758. The van der Waals surface area contributed by atoms with Crippen molar-refractivity contribution in [1.82, 2.24) is 0 Å². The Morgan fingerprint density at radius 1 is 1.07 bits per heavy atom. The predicted octanol–water partition coefficient (Wildman–Crippen LogP) is 5.65. The molecule has 1 aromatic heterocycles. The lowest BCUT2D eigenvalue weighted by Gasteiger charge is -2.17. The van der Waals surface area contributed by atoms with E-state index in [0.717, 1.165) is 28.0 Å². The molecule has 0 spiro atoms. The van der Waals surface area contributed by atoms with Gasteiger partial charge in [-0.3, -0.25) is 4.79 Å². The number of nitrogens with zero attached hydrogens (tertiary/aromatic N) is 1. The summed E-state index contributed by atoms with van der Waals surface area (Å²) in [7, 11) is 0. The van der Waals surface area contributed by atoms with Crippen LogP contribution in [0.5, 0.6) is 0 Å². The van der Waals surface area contributed by atoms with Crippen LogP contribution in [0.15, 0.2) is 60.7 Å². The standard InChI is InChI=1S/C23H22N2OS/c1-3-19-16(2)27-23(21(19)15-24)25-22(26)14-20(17-10-6-4-7-11-17)18-12-8-5-9-13-18/h4-13,20H,3,14H2,1-2H3,(H,25,26). The van der Waals surface area contributed by atoms with E-state index in [1.165, 1.54) is 11.3 Å². The highest BCUT2D eigenvalue weighted by atomic mass is 32.1. The molecule has 0 aliphatic heterocycles. The molecule has 3 rings (SSSR count). The molecule has 0 fully saturated rings. The molecule has 1 N–H and O–H groups in total. The number of aryl methyl sites for hydroxylation is 1. The lowest BCUT2D eigenvalue weighted by atomic mass is 9.88. The molecular formula is C23H22N2OS. The van der Waals surface area contributed by atoms with Gasteiger partial charge in [-0.15, -0.1) is 11.3 Å². The first kappa shape index (κ1) is 18.9. The highest BCUT2D eigenvalue weighted by Gasteiger charge is 2.21. The van der Waals surface area contributed by atoms with Crippen LogP contribution < -0.4 is 5.32 Å². The van der Waals surface area contributed by atoms with Crippen LogP contribution in [0.25, 0.3) is 0 Å². The second-order valence-electron chi connectivity index (χ2n) is 6.43. The van der Waals surface area contributed by atoms with Gasteiger partial charge in [0.05, 0.1) is 5.56 Å². The maximum Gasteiger partial charge on any atom is 0.225 e. The van der Waals surface area contributed by atoms with Crippen LogP contribution in [0, 0.1) is 18.3 Å². The summed E-state index contributed by atoms with van der Waals surface area (Å²) in [5.74, 6) is -0.0993. The van der Waals surface area contributed by atoms with Crippen LogP contribution in [0.1, 0.15) is 46.4 Å². The normalized spacial score (nSPS) is 10.6. The maximum absolute atomic E-state index is 12.8. The summed E-state index contributed by atoms with van der Waals surface area (Å²) in [6.45, 7) is 4.03. The van der Waals surface area contributed by atoms with Crippen LogP contribution in [0.4, 0.5) is 5.00 Å². The van der Waals surface area contributed by atoms with E-state index in [1.807, 2.05) is 50.2 Å². The van der Waals surface area contributed by atoms with Gasteiger partial charge in [0, 0.05) is 17.2 Å². The molecule has 4 heteroatoms. The average molecular weight is 375 g/mol. The molecular weight excluding hydrogens is 352 g/mol. The van der Waals surface area contributed by atoms with Crippen molar-refractivity contribution < 1.29 is 4.79 Å². The van der Waals surface area contributed by atoms with Gasteiger partial charge in [-0.25, -0.2) is 0 Å². The van der Waals surface area contributed by atoms with E-state index in [2.05, 4.69) is 35.7 Å². The fraction of sp³-hybridized carbons (Fsp3) is 0.217. The molecule has 0 aliphatic rings. The highest BCUT2D eigenvalue weighted by molar-refractivity contribution is 7.16. The number of anilines is 1. The van der Waals surface area contributed by atoms with E-state index >= 15 is 0 Å². The van der Waals surface area contributed by atoms with Gasteiger partial charge >= 0.3 is 0 Å². The summed E-state index contributed by atoms with van der Waals surface area (Å²) in [6.07, 6.45) is 1.12. The molecule has 0 saturated carbocycles. The van der Waals surface area contributed by atoms with Crippen molar-refractivity contribution in [2.45, 2.75) is 32.6 Å². The molecule has 1 amide bonds. The predicted molar refractivity (Wildman–Crippen MR) is 111 cm³/mol. The van der Waals surface area contributed by atoms with E-state index in [1.54, 1.807) is 0 Å². The number of rotatable bonds is 6. The zero-order valence-corrected chi connectivity index (χ0v) is 16.3. The molecule has 3 nitrogen and oxygen atoms in total. The Morgan fingerprint density at radius 2 is 1.63 bits per heavy atom. The Hall–Kier alpha value is -2.90. The van der Waals surface area contributed by atoms with Crippen molar-refractivity contribution in [3.63, 3.8) is 0 Å². The summed E-state index contributed by atoms with van der Waals surface area (Å²) in [4.78, 5) is 13.9. The van der Waals surface area contributed by atoms with Gasteiger partial charge in [0.25, 0.3) is 0 Å². The number of nitrogens with one attached hydrogen (secondary N) is 1. The number of carbonyl (C=O) groups excluding carboxylic acids is 1. The van der Waals surface area contributed by atoms with Gasteiger partial charge in [0.15, 0.2) is 0 Å². The molecule has 0 saturated heterocycles. The molecule has 0 unspecified atom stereocenters. The van der Waals surface area contributed by atoms with Gasteiger partial charge in [0.2, 0.25) is 5.91 Å². The minimum absolute atomic E-state index is 0.0235. The van der Waals surface area contributed by atoms with E-state index in [0.29, 0.717) is 17.0 Å². The SMILES string of the molecule is CCc1c(C)sc(NC(=O)CC(c2ccccc2)c2ccccc2)c1C#N. The summed E-state index contributed by atoms with van der Waals surface area (Å²) in [6, 6.07) is 22.4. The number of thiophene rings is 1. The molecule has 0 radical (unpaired) electrons. The third-order valence-electron chi connectivity index (χ3n) is 4.72. The number of hydrogen-bond donors (Lipinski definition) is 1. The zero-order chi connectivity index (χ0) is 19.2. The van der Waals surface area contributed by atoms with Crippen LogP contribution in [0.2, 0.25) is 0 Å². The fourth-order valence-electron chi connectivity index (χ4n) is 3.37. The highest BCUT2D eigenvalue weighted by Crippen LogP contribution is 2.34. The number of carbonyl (C=O) groups is 1. The lowest BCUT2D eigenvalue weighted by molar-refractivity contribution is -0.116. The Labute approximate surface area is 164 Å². The summed E-state index contributed by atoms with van der Waals surface area (Å²) < 4.78 is 0. The number of benzene rings is 2. The third-order valence-corrected chi connectivity index (χ3v) is 5.78. The van der Waals surface area contributed by atoms with Crippen molar-refractivity contribution in [2.24, 2.45) is 0 Å². The molecule has 136 valence electrons. The van der Waals surface area contributed by atoms with Crippen LogP contribution in [-0.2, 0) is 11.2 Å². The second-order valence-corrected chi connectivity index (χ2v) is 7.66. The number of hydrogen-bond acceptors (Lipinski definition) is 3. The lowest BCUT2D eigenvalue weighted by Crippen LogP contribution is -2.16. The van der Waals surface area contributed by atoms with Crippen molar-refractivity contribution in [2.75, 3.05) is 5.32 Å².